The zero-order valence-corrected chi connectivity index (χ0v) is 16.8. The van der Waals surface area contributed by atoms with E-state index in [1.54, 1.807) is 20.8 Å². The number of benzene rings is 1. The Labute approximate surface area is 169 Å². The Kier molecular flexibility index (Phi) is 5.74. The van der Waals surface area contributed by atoms with Crippen molar-refractivity contribution in [3.63, 3.8) is 0 Å². The number of carbonyl (C=O) groups excluding carboxylic acids is 1. The molecule has 1 aliphatic rings. The van der Waals surface area contributed by atoms with E-state index in [0.717, 1.165) is 11.1 Å². The predicted molar refractivity (Wildman–Crippen MR) is 107 cm³/mol. The second-order valence-electron chi connectivity index (χ2n) is 7.84. The van der Waals surface area contributed by atoms with E-state index in [4.69, 9.17) is 4.74 Å². The minimum Gasteiger partial charge on any atom is -0.476 e. The van der Waals surface area contributed by atoms with Crippen LogP contribution in [0.25, 0.3) is 11.6 Å². The Balaban J connectivity index is 2.11. The van der Waals surface area contributed by atoms with Gasteiger partial charge < -0.3 is 14.9 Å². The van der Waals surface area contributed by atoms with Crippen LogP contribution >= 0.6 is 0 Å². The fourth-order valence-electron chi connectivity index (χ4n) is 3.28. The highest BCUT2D eigenvalue weighted by atomic mass is 16.6. The van der Waals surface area contributed by atoms with E-state index in [0.29, 0.717) is 11.3 Å². The molecule has 0 radical (unpaired) electrons. The summed E-state index contributed by atoms with van der Waals surface area (Å²) in [5.41, 5.74) is 1.91. The Morgan fingerprint density at radius 1 is 1.21 bits per heavy atom. The maximum absolute atomic E-state index is 12.7. The number of carboxylic acids is 1. The molecular formula is C21H25N3O5. The van der Waals surface area contributed by atoms with Gasteiger partial charge >= 0.3 is 12.1 Å². The molecule has 1 aliphatic heterocycles. The summed E-state index contributed by atoms with van der Waals surface area (Å²) in [5.74, 6) is -1.18. The van der Waals surface area contributed by atoms with Gasteiger partial charge in [0.1, 0.15) is 5.60 Å². The van der Waals surface area contributed by atoms with E-state index < -0.39 is 17.7 Å². The highest BCUT2D eigenvalue weighted by Gasteiger charge is 2.34. The molecule has 154 valence electrons. The van der Waals surface area contributed by atoms with E-state index in [-0.39, 0.29) is 31.9 Å². The summed E-state index contributed by atoms with van der Waals surface area (Å²) in [7, 11) is 0. The molecule has 8 nitrogen and oxygen atoms in total. The number of nitrogens with zero attached hydrogens (tertiary/aromatic N) is 3. The smallest absolute Gasteiger partial charge is 0.410 e. The summed E-state index contributed by atoms with van der Waals surface area (Å²) in [6.45, 7) is 5.64. The predicted octanol–water partition coefficient (Wildman–Crippen LogP) is 2.86. The molecule has 0 aliphatic carbocycles. The van der Waals surface area contributed by atoms with Crippen molar-refractivity contribution >= 4 is 23.7 Å². The van der Waals surface area contributed by atoms with Crippen LogP contribution < -0.4 is 0 Å². The largest absolute Gasteiger partial charge is 0.476 e. The van der Waals surface area contributed by atoms with Gasteiger partial charge in [-0.25, -0.2) is 9.59 Å². The van der Waals surface area contributed by atoms with Crippen LogP contribution in [0.15, 0.2) is 30.3 Å². The van der Waals surface area contributed by atoms with Gasteiger partial charge in [-0.05, 0) is 38.0 Å². The van der Waals surface area contributed by atoms with Gasteiger partial charge in [-0.3, -0.25) is 9.58 Å². The van der Waals surface area contributed by atoms with Gasteiger partial charge in [0.2, 0.25) is 0 Å². The number of aromatic carboxylic acids is 1. The molecule has 8 heteroatoms. The molecule has 1 aromatic heterocycles. The van der Waals surface area contributed by atoms with Crippen molar-refractivity contribution < 1.29 is 24.5 Å². The minimum absolute atomic E-state index is 0.0729. The molecule has 0 atom stereocenters. The van der Waals surface area contributed by atoms with Crippen LogP contribution in [0.4, 0.5) is 4.79 Å². The lowest BCUT2D eigenvalue weighted by Gasteiger charge is -2.31. The fourth-order valence-corrected chi connectivity index (χ4v) is 3.28. The number of rotatable bonds is 4. The van der Waals surface area contributed by atoms with E-state index >= 15 is 0 Å². The Hall–Kier alpha value is -3.13. The third kappa shape index (κ3) is 4.65. The maximum Gasteiger partial charge on any atom is 0.410 e. The van der Waals surface area contributed by atoms with Crippen LogP contribution in [0, 0.1) is 0 Å². The normalized spacial score (nSPS) is 15.3. The third-order valence-corrected chi connectivity index (χ3v) is 4.37. The van der Waals surface area contributed by atoms with E-state index in [2.05, 4.69) is 5.10 Å². The molecule has 2 N–H and O–H groups in total. The van der Waals surface area contributed by atoms with Crippen LogP contribution in [0.3, 0.4) is 0 Å². The molecular weight excluding hydrogens is 374 g/mol. The summed E-state index contributed by atoms with van der Waals surface area (Å²) < 4.78 is 6.99. The van der Waals surface area contributed by atoms with Crippen molar-refractivity contribution in [1.82, 2.24) is 14.7 Å². The number of aliphatic hydroxyl groups is 1. The lowest BCUT2D eigenvalue weighted by atomic mass is 9.98. The van der Waals surface area contributed by atoms with Gasteiger partial charge in [0.15, 0.2) is 5.69 Å². The monoisotopic (exact) mass is 399 g/mol. The number of hydrogen-bond donors (Lipinski definition) is 2. The molecule has 3 rings (SSSR count). The molecule has 0 spiro atoms. The maximum atomic E-state index is 12.7. The number of amides is 1. The van der Waals surface area contributed by atoms with Crippen molar-refractivity contribution in [3.05, 3.63) is 52.8 Å². The zero-order valence-electron chi connectivity index (χ0n) is 16.8. The van der Waals surface area contributed by atoms with Crippen LogP contribution in [-0.2, 0) is 17.8 Å². The Morgan fingerprint density at radius 3 is 2.48 bits per heavy atom. The third-order valence-electron chi connectivity index (χ3n) is 4.37. The summed E-state index contributed by atoms with van der Waals surface area (Å²) in [6.07, 6.45) is 1.38. The average molecular weight is 399 g/mol. The van der Waals surface area contributed by atoms with Gasteiger partial charge in [-0.15, -0.1) is 0 Å². The van der Waals surface area contributed by atoms with E-state index in [1.807, 2.05) is 36.4 Å². The Morgan fingerprint density at radius 2 is 1.90 bits per heavy atom. The van der Waals surface area contributed by atoms with Crippen LogP contribution in [0.2, 0.25) is 0 Å². The molecule has 0 unspecified atom stereocenters. The van der Waals surface area contributed by atoms with Crippen LogP contribution in [0.1, 0.15) is 48.1 Å². The van der Waals surface area contributed by atoms with Crippen LogP contribution in [0.5, 0.6) is 0 Å². The van der Waals surface area contributed by atoms with Crippen molar-refractivity contribution in [2.75, 3.05) is 13.2 Å². The van der Waals surface area contributed by atoms with Gasteiger partial charge in [0.05, 0.1) is 31.9 Å². The summed E-state index contributed by atoms with van der Waals surface area (Å²) in [6, 6.07) is 9.54. The van der Waals surface area contributed by atoms with Gasteiger partial charge in [-0.2, -0.15) is 5.10 Å². The molecule has 0 fully saturated rings. The Bertz CT molecular complexity index is 941. The van der Waals surface area contributed by atoms with Crippen molar-refractivity contribution in [1.29, 1.82) is 0 Å². The molecule has 1 aromatic carbocycles. The molecule has 2 heterocycles. The number of hydrogen-bond acceptors (Lipinski definition) is 5. The first-order valence-electron chi connectivity index (χ1n) is 9.37. The first-order valence-corrected chi connectivity index (χ1v) is 9.37. The van der Waals surface area contributed by atoms with E-state index in [1.165, 1.54) is 9.58 Å². The molecule has 0 bridgehead atoms. The number of aliphatic hydroxyl groups excluding tert-OH is 1. The SMILES string of the molecule is CC(C)(C)OC(=O)N1C/C(=C\c2ccccc2)c2c(c(C(=O)O)nn2CCO)C1. The lowest BCUT2D eigenvalue weighted by molar-refractivity contribution is 0.0252. The minimum atomic E-state index is -1.18. The van der Waals surface area contributed by atoms with E-state index in [9.17, 15) is 19.8 Å². The summed E-state index contributed by atoms with van der Waals surface area (Å²) in [5, 5.41) is 23.2. The lowest BCUT2D eigenvalue weighted by Crippen LogP contribution is -2.40. The first-order chi connectivity index (χ1) is 13.7. The number of carbonyl (C=O) groups is 2. The summed E-state index contributed by atoms with van der Waals surface area (Å²) in [4.78, 5) is 25.9. The molecule has 0 saturated heterocycles. The second kappa shape index (κ2) is 8.08. The highest BCUT2D eigenvalue weighted by molar-refractivity contribution is 5.93. The topological polar surface area (TPSA) is 105 Å². The molecule has 2 aromatic rings. The number of carboxylic acid groups (broad SMARTS) is 1. The second-order valence-corrected chi connectivity index (χ2v) is 7.84. The average Bonchev–Trinajstić information content (AvgIpc) is 3.00. The van der Waals surface area contributed by atoms with Gasteiger partial charge in [0.25, 0.3) is 0 Å². The molecule has 1 amide bonds. The van der Waals surface area contributed by atoms with Crippen molar-refractivity contribution in [2.45, 2.75) is 39.5 Å². The summed E-state index contributed by atoms with van der Waals surface area (Å²) >= 11 is 0. The van der Waals surface area contributed by atoms with Crippen molar-refractivity contribution in [2.24, 2.45) is 0 Å². The standard InChI is InChI=1S/C21H25N3O5/c1-21(2,3)29-20(28)23-12-15(11-14-7-5-4-6-8-14)18-16(13-23)17(19(26)27)22-24(18)9-10-25/h4-8,11,25H,9-10,12-13H2,1-3H3,(H,26,27)/b15-11+. The quantitative estimate of drug-likeness (QED) is 0.819. The number of aromatic nitrogens is 2. The fraction of sp³-hybridized carbons (Fsp3) is 0.381. The molecule has 0 saturated carbocycles. The number of fused-ring (bicyclic) bond motifs is 1. The highest BCUT2D eigenvalue weighted by Crippen LogP contribution is 2.32. The molecule has 29 heavy (non-hydrogen) atoms. The zero-order chi connectivity index (χ0) is 21.2. The van der Waals surface area contributed by atoms with Gasteiger partial charge in [-0.1, -0.05) is 30.3 Å². The first kappa shape index (κ1) is 20.6. The van der Waals surface area contributed by atoms with Gasteiger partial charge in [0, 0.05) is 5.56 Å². The number of ether oxygens (including phenoxy) is 1. The van der Waals surface area contributed by atoms with Crippen molar-refractivity contribution in [3.8, 4) is 0 Å². The van der Waals surface area contributed by atoms with Crippen LogP contribution in [-0.4, -0.2) is 55.7 Å².